The maximum absolute atomic E-state index is 12.5. The number of aromatic nitrogens is 1. The number of rotatable bonds is 5. The number of benzene rings is 1. The molecule has 1 aliphatic carbocycles. The lowest BCUT2D eigenvalue weighted by Crippen LogP contribution is -2.25. The molecule has 2 fully saturated rings. The molecule has 6 heteroatoms. The van der Waals surface area contributed by atoms with Crippen LogP contribution in [0.25, 0.3) is 21.9 Å². The Morgan fingerprint density at radius 2 is 2.00 bits per heavy atom. The first-order valence-electron chi connectivity index (χ1n) is 10.4. The fraction of sp³-hybridized carbons (Fsp3) is 0.435. The zero-order valence-corrected chi connectivity index (χ0v) is 16.4. The molecule has 0 N–H and O–H groups in total. The number of nitrogens with zero attached hydrogens (tertiary/aromatic N) is 2. The van der Waals surface area contributed by atoms with E-state index in [1.807, 2.05) is 24.3 Å². The van der Waals surface area contributed by atoms with Crippen LogP contribution in [0, 0.1) is 0 Å². The summed E-state index contributed by atoms with van der Waals surface area (Å²) in [5, 5.41) is 1.87. The number of ether oxygens (including phenoxy) is 1. The Morgan fingerprint density at radius 1 is 1.14 bits per heavy atom. The number of likely N-dealkylation sites (tertiary alicyclic amines) is 1. The van der Waals surface area contributed by atoms with Crippen LogP contribution in [-0.4, -0.2) is 47.7 Å². The van der Waals surface area contributed by atoms with Crippen molar-refractivity contribution in [1.29, 1.82) is 0 Å². The van der Waals surface area contributed by atoms with Crippen LogP contribution in [0.5, 0.6) is 5.88 Å². The molecule has 5 rings (SSSR count). The molecule has 3 aromatic rings. The predicted molar refractivity (Wildman–Crippen MR) is 109 cm³/mol. The second-order valence-electron chi connectivity index (χ2n) is 8.02. The van der Waals surface area contributed by atoms with Crippen LogP contribution in [0.1, 0.15) is 43.6 Å². The predicted octanol–water partition coefficient (Wildman–Crippen LogP) is 3.86. The maximum atomic E-state index is 12.5. The van der Waals surface area contributed by atoms with Gasteiger partial charge in [-0.15, -0.1) is 0 Å². The Morgan fingerprint density at radius 3 is 2.83 bits per heavy atom. The van der Waals surface area contributed by atoms with Crippen molar-refractivity contribution in [3.05, 3.63) is 36.1 Å². The van der Waals surface area contributed by atoms with E-state index < -0.39 is 0 Å². The SMILES string of the molecule is O=C1CC[C@@H](c2coc3ccc4nc(OCCN5CCCC5)ccc4c23)C(=O)C1. The van der Waals surface area contributed by atoms with Crippen molar-refractivity contribution in [3.8, 4) is 5.88 Å². The van der Waals surface area contributed by atoms with Crippen LogP contribution in [-0.2, 0) is 9.59 Å². The van der Waals surface area contributed by atoms with E-state index in [1.54, 1.807) is 6.26 Å². The summed E-state index contributed by atoms with van der Waals surface area (Å²) in [4.78, 5) is 31.1. The van der Waals surface area contributed by atoms with Gasteiger partial charge in [-0.2, -0.15) is 0 Å². The Hall–Kier alpha value is -2.73. The summed E-state index contributed by atoms with van der Waals surface area (Å²) in [6, 6.07) is 7.69. The van der Waals surface area contributed by atoms with Crippen molar-refractivity contribution in [2.45, 2.75) is 38.0 Å². The highest BCUT2D eigenvalue weighted by Gasteiger charge is 2.31. The van der Waals surface area contributed by atoms with Gasteiger partial charge in [0.2, 0.25) is 5.88 Å². The number of carbonyl (C=O) groups is 2. The third kappa shape index (κ3) is 3.53. The zero-order valence-electron chi connectivity index (χ0n) is 16.4. The van der Waals surface area contributed by atoms with E-state index in [9.17, 15) is 9.59 Å². The molecular weight excluding hydrogens is 368 g/mol. The van der Waals surface area contributed by atoms with E-state index in [4.69, 9.17) is 9.15 Å². The highest BCUT2D eigenvalue weighted by molar-refractivity contribution is 6.10. The molecule has 1 atom stereocenters. The molecule has 150 valence electrons. The van der Waals surface area contributed by atoms with Crippen molar-refractivity contribution in [1.82, 2.24) is 9.88 Å². The van der Waals surface area contributed by atoms with E-state index >= 15 is 0 Å². The van der Waals surface area contributed by atoms with Crippen LogP contribution >= 0.6 is 0 Å². The van der Waals surface area contributed by atoms with Gasteiger partial charge in [-0.05, 0) is 50.6 Å². The number of furan rings is 1. The molecule has 6 nitrogen and oxygen atoms in total. The fourth-order valence-electron chi connectivity index (χ4n) is 4.57. The first kappa shape index (κ1) is 18.3. The molecule has 0 amide bonds. The molecule has 1 saturated heterocycles. The smallest absolute Gasteiger partial charge is 0.213 e. The lowest BCUT2D eigenvalue weighted by molar-refractivity contribution is -0.130. The Kier molecular flexibility index (Phi) is 4.79. The van der Waals surface area contributed by atoms with Crippen molar-refractivity contribution >= 4 is 33.4 Å². The van der Waals surface area contributed by atoms with Crippen molar-refractivity contribution in [2.75, 3.05) is 26.2 Å². The Bertz CT molecular complexity index is 1080. The monoisotopic (exact) mass is 392 g/mol. The molecule has 1 aliphatic heterocycles. The summed E-state index contributed by atoms with van der Waals surface area (Å²) >= 11 is 0. The van der Waals surface area contributed by atoms with E-state index in [1.165, 1.54) is 12.8 Å². The van der Waals surface area contributed by atoms with Crippen LogP contribution in [0.15, 0.2) is 34.9 Å². The molecule has 0 radical (unpaired) electrons. The van der Waals surface area contributed by atoms with E-state index in [0.717, 1.165) is 47.1 Å². The van der Waals surface area contributed by atoms with Gasteiger partial charge in [0, 0.05) is 41.3 Å². The number of hydrogen-bond donors (Lipinski definition) is 0. The molecule has 0 spiro atoms. The first-order chi connectivity index (χ1) is 14.2. The van der Waals surface area contributed by atoms with Gasteiger partial charge in [-0.3, -0.25) is 14.5 Å². The molecule has 3 heterocycles. The molecule has 0 unspecified atom stereocenters. The number of carbonyl (C=O) groups excluding carboxylic acids is 2. The van der Waals surface area contributed by atoms with Crippen LogP contribution in [0.3, 0.4) is 0 Å². The number of hydrogen-bond acceptors (Lipinski definition) is 6. The number of ketones is 2. The van der Waals surface area contributed by atoms with Crippen LogP contribution in [0.4, 0.5) is 0 Å². The van der Waals surface area contributed by atoms with Gasteiger partial charge < -0.3 is 9.15 Å². The van der Waals surface area contributed by atoms with E-state index in [0.29, 0.717) is 25.3 Å². The van der Waals surface area contributed by atoms with Crippen molar-refractivity contribution < 1.29 is 18.7 Å². The zero-order chi connectivity index (χ0) is 19.8. The van der Waals surface area contributed by atoms with Gasteiger partial charge >= 0.3 is 0 Å². The van der Waals surface area contributed by atoms with Crippen LogP contribution in [0.2, 0.25) is 0 Å². The molecule has 2 aromatic heterocycles. The summed E-state index contributed by atoms with van der Waals surface area (Å²) in [5.74, 6) is 0.341. The van der Waals surface area contributed by atoms with Crippen molar-refractivity contribution in [2.24, 2.45) is 0 Å². The third-order valence-electron chi connectivity index (χ3n) is 6.11. The summed E-state index contributed by atoms with van der Waals surface area (Å²) in [7, 11) is 0. The van der Waals surface area contributed by atoms with Gasteiger partial charge in [0.05, 0.1) is 18.2 Å². The minimum absolute atomic E-state index is 0.0178. The molecule has 1 aromatic carbocycles. The van der Waals surface area contributed by atoms with Crippen molar-refractivity contribution in [3.63, 3.8) is 0 Å². The normalized spacial score (nSPS) is 20.8. The molecule has 1 saturated carbocycles. The highest BCUT2D eigenvalue weighted by atomic mass is 16.5. The highest BCUT2D eigenvalue weighted by Crippen LogP contribution is 2.38. The first-order valence-corrected chi connectivity index (χ1v) is 10.4. The van der Waals surface area contributed by atoms with Gasteiger partial charge in [0.1, 0.15) is 23.8 Å². The third-order valence-corrected chi connectivity index (χ3v) is 6.11. The maximum Gasteiger partial charge on any atom is 0.213 e. The minimum Gasteiger partial charge on any atom is -0.476 e. The van der Waals surface area contributed by atoms with Gasteiger partial charge in [0.25, 0.3) is 0 Å². The molecular formula is C23H24N2O4. The second kappa shape index (κ2) is 7.59. The van der Waals surface area contributed by atoms with Crippen LogP contribution < -0.4 is 4.74 Å². The van der Waals surface area contributed by atoms with Gasteiger partial charge in [-0.25, -0.2) is 4.98 Å². The summed E-state index contributed by atoms with van der Waals surface area (Å²) < 4.78 is 11.6. The molecule has 2 aliphatic rings. The number of pyridine rings is 1. The molecule has 29 heavy (non-hydrogen) atoms. The van der Waals surface area contributed by atoms with E-state index in [2.05, 4.69) is 9.88 Å². The number of Topliss-reactive ketones (excluding diaryl/α,β-unsaturated/α-hetero) is 2. The summed E-state index contributed by atoms with van der Waals surface area (Å²) in [6.45, 7) is 3.86. The van der Waals surface area contributed by atoms with Gasteiger partial charge in [-0.1, -0.05) is 0 Å². The quantitative estimate of drug-likeness (QED) is 0.614. The number of fused-ring (bicyclic) bond motifs is 3. The largest absolute Gasteiger partial charge is 0.476 e. The fourth-order valence-corrected chi connectivity index (χ4v) is 4.57. The van der Waals surface area contributed by atoms with Gasteiger partial charge in [0.15, 0.2) is 0 Å². The molecule has 0 bridgehead atoms. The topological polar surface area (TPSA) is 72.6 Å². The minimum atomic E-state index is -0.282. The average molecular weight is 392 g/mol. The standard InChI is InChI=1S/C23H24N2O4/c26-15-3-4-16(20(27)13-15)18-14-29-21-7-6-19-17(23(18)21)5-8-22(24-19)28-12-11-25-9-1-2-10-25/h5-8,14,16H,1-4,9-13H2/t16-/m0/s1. The second-order valence-corrected chi connectivity index (χ2v) is 8.02. The lowest BCUT2D eigenvalue weighted by atomic mass is 9.82. The van der Waals surface area contributed by atoms with E-state index in [-0.39, 0.29) is 23.9 Å². The summed E-state index contributed by atoms with van der Waals surface area (Å²) in [5.41, 5.74) is 2.42. The Labute approximate surface area is 168 Å². The lowest BCUT2D eigenvalue weighted by Gasteiger charge is -2.19. The summed E-state index contributed by atoms with van der Waals surface area (Å²) in [6.07, 6.45) is 5.23. The average Bonchev–Trinajstić information content (AvgIpc) is 3.38. The Balaban J connectivity index is 1.42.